The largest absolute Gasteiger partial charge is 0.382 e. The molecule has 2 aromatic heterocycles. The molecule has 5 nitrogen and oxygen atoms in total. The molecule has 90 valence electrons. The lowest BCUT2D eigenvalue weighted by atomic mass is 9.85. The van der Waals surface area contributed by atoms with E-state index in [1.807, 2.05) is 6.07 Å². The van der Waals surface area contributed by atoms with Gasteiger partial charge in [0.25, 0.3) is 0 Å². The van der Waals surface area contributed by atoms with Crippen molar-refractivity contribution in [1.82, 2.24) is 14.6 Å². The minimum Gasteiger partial charge on any atom is -0.382 e. The first-order chi connectivity index (χ1) is 8.66. The standard InChI is InChI=1S/C12H13BN4O/c13-9-5-10(7-1-3-8(18)4-2-7)17-11(9)12(14)15-6-16-17/h5-7H,1-4H2,(H2,14,15,16). The molecule has 0 saturated heterocycles. The van der Waals surface area contributed by atoms with Crippen LogP contribution in [-0.4, -0.2) is 28.2 Å². The highest BCUT2D eigenvalue weighted by Gasteiger charge is 2.24. The van der Waals surface area contributed by atoms with E-state index in [1.54, 1.807) is 4.52 Å². The van der Waals surface area contributed by atoms with Crippen molar-refractivity contribution >= 4 is 30.4 Å². The second kappa shape index (κ2) is 4.12. The maximum absolute atomic E-state index is 11.3. The fourth-order valence-corrected chi connectivity index (χ4v) is 2.65. The molecule has 2 radical (unpaired) electrons. The molecule has 2 heterocycles. The average molecular weight is 240 g/mol. The summed E-state index contributed by atoms with van der Waals surface area (Å²) in [6, 6.07) is 1.90. The summed E-state index contributed by atoms with van der Waals surface area (Å²) >= 11 is 0. The Morgan fingerprint density at radius 2 is 2.11 bits per heavy atom. The molecule has 3 rings (SSSR count). The Hall–Kier alpha value is -1.85. The van der Waals surface area contributed by atoms with Crippen LogP contribution >= 0.6 is 0 Å². The van der Waals surface area contributed by atoms with Crippen LogP contribution in [0.15, 0.2) is 12.4 Å². The molecular formula is C12H13BN4O. The molecule has 0 spiro atoms. The monoisotopic (exact) mass is 240 g/mol. The second-order valence-electron chi connectivity index (χ2n) is 4.74. The number of nitrogens with zero attached hydrogens (tertiary/aromatic N) is 3. The Kier molecular flexibility index (Phi) is 2.58. The Morgan fingerprint density at radius 1 is 1.39 bits per heavy atom. The van der Waals surface area contributed by atoms with E-state index in [1.165, 1.54) is 6.33 Å². The molecule has 0 bridgehead atoms. The van der Waals surface area contributed by atoms with E-state index < -0.39 is 0 Å². The van der Waals surface area contributed by atoms with Crippen molar-refractivity contribution in [3.8, 4) is 0 Å². The minimum atomic E-state index is 0.321. The SMILES string of the molecule is [B]c1cc(C2CCC(=O)CC2)n2ncnc(N)c12. The Morgan fingerprint density at radius 3 is 2.83 bits per heavy atom. The zero-order chi connectivity index (χ0) is 12.7. The third-order valence-corrected chi connectivity index (χ3v) is 3.60. The molecule has 0 unspecified atom stereocenters. The van der Waals surface area contributed by atoms with Crippen molar-refractivity contribution in [2.45, 2.75) is 31.6 Å². The van der Waals surface area contributed by atoms with Crippen molar-refractivity contribution < 1.29 is 4.79 Å². The highest BCUT2D eigenvalue weighted by Crippen LogP contribution is 2.31. The quantitative estimate of drug-likeness (QED) is 0.729. The third-order valence-electron chi connectivity index (χ3n) is 3.60. The van der Waals surface area contributed by atoms with Crippen LogP contribution in [0.25, 0.3) is 5.52 Å². The number of carbonyl (C=O) groups excluding carboxylic acids is 1. The molecule has 1 aliphatic rings. The number of rotatable bonds is 1. The first-order valence-electron chi connectivity index (χ1n) is 6.06. The van der Waals surface area contributed by atoms with E-state index in [4.69, 9.17) is 13.6 Å². The van der Waals surface area contributed by atoms with Crippen molar-refractivity contribution in [1.29, 1.82) is 0 Å². The van der Waals surface area contributed by atoms with Gasteiger partial charge < -0.3 is 5.73 Å². The van der Waals surface area contributed by atoms with E-state index in [0.29, 0.717) is 41.3 Å². The van der Waals surface area contributed by atoms with Gasteiger partial charge in [0.15, 0.2) is 5.82 Å². The van der Waals surface area contributed by atoms with E-state index in [2.05, 4.69) is 10.1 Å². The summed E-state index contributed by atoms with van der Waals surface area (Å²) in [7, 11) is 5.96. The van der Waals surface area contributed by atoms with Crippen LogP contribution in [0.1, 0.15) is 37.3 Å². The van der Waals surface area contributed by atoms with Gasteiger partial charge in [-0.3, -0.25) is 4.79 Å². The number of hydrogen-bond acceptors (Lipinski definition) is 4. The lowest BCUT2D eigenvalue weighted by Gasteiger charge is -2.20. The smallest absolute Gasteiger partial charge is 0.150 e. The first kappa shape index (κ1) is 11.3. The molecule has 18 heavy (non-hydrogen) atoms. The van der Waals surface area contributed by atoms with Gasteiger partial charge in [-0.1, -0.05) is 5.46 Å². The van der Waals surface area contributed by atoms with Gasteiger partial charge in [0, 0.05) is 24.5 Å². The van der Waals surface area contributed by atoms with E-state index >= 15 is 0 Å². The molecule has 2 N–H and O–H groups in total. The summed E-state index contributed by atoms with van der Waals surface area (Å²) in [5.41, 5.74) is 8.12. The number of hydrogen-bond donors (Lipinski definition) is 1. The van der Waals surface area contributed by atoms with Crippen molar-refractivity contribution in [2.75, 3.05) is 5.73 Å². The Labute approximate surface area is 106 Å². The fraction of sp³-hybridized carbons (Fsp3) is 0.417. The van der Waals surface area contributed by atoms with Gasteiger partial charge in [-0.15, -0.1) is 0 Å². The van der Waals surface area contributed by atoms with Crippen LogP contribution in [0.4, 0.5) is 5.82 Å². The lowest BCUT2D eigenvalue weighted by Crippen LogP contribution is -2.14. The van der Waals surface area contributed by atoms with Crippen LogP contribution in [-0.2, 0) is 4.79 Å². The van der Waals surface area contributed by atoms with Gasteiger partial charge in [-0.05, 0) is 18.9 Å². The van der Waals surface area contributed by atoms with Gasteiger partial charge in [0.1, 0.15) is 25.5 Å². The van der Waals surface area contributed by atoms with Crippen LogP contribution in [0.5, 0.6) is 0 Å². The summed E-state index contributed by atoms with van der Waals surface area (Å²) in [6.07, 6.45) is 4.42. The molecule has 2 aromatic rings. The van der Waals surface area contributed by atoms with Crippen LogP contribution in [0.2, 0.25) is 0 Å². The highest BCUT2D eigenvalue weighted by molar-refractivity contribution is 6.37. The predicted molar refractivity (Wildman–Crippen MR) is 69.0 cm³/mol. The molecule has 0 atom stereocenters. The molecule has 1 saturated carbocycles. The highest BCUT2D eigenvalue weighted by atomic mass is 16.1. The van der Waals surface area contributed by atoms with Crippen LogP contribution in [0.3, 0.4) is 0 Å². The minimum absolute atomic E-state index is 0.321. The number of ketones is 1. The third kappa shape index (κ3) is 1.68. The summed E-state index contributed by atoms with van der Waals surface area (Å²) < 4.78 is 1.76. The maximum Gasteiger partial charge on any atom is 0.150 e. The topological polar surface area (TPSA) is 73.3 Å². The molecule has 1 fully saturated rings. The summed E-state index contributed by atoms with van der Waals surface area (Å²) in [5, 5.41) is 4.22. The molecule has 0 aliphatic heterocycles. The number of nitrogens with two attached hydrogens (primary N) is 1. The van der Waals surface area contributed by atoms with Crippen LogP contribution < -0.4 is 11.2 Å². The molecule has 6 heteroatoms. The summed E-state index contributed by atoms with van der Waals surface area (Å²) in [5.74, 6) is 1.05. The fourth-order valence-electron chi connectivity index (χ4n) is 2.65. The molecular weight excluding hydrogens is 227 g/mol. The van der Waals surface area contributed by atoms with Gasteiger partial charge in [-0.2, -0.15) is 5.10 Å². The number of aromatic nitrogens is 3. The summed E-state index contributed by atoms with van der Waals surface area (Å²) in [6.45, 7) is 0. The Bertz CT molecular complexity index is 612. The number of nitrogen functional groups attached to an aromatic ring is 1. The number of carbonyl (C=O) groups is 1. The van der Waals surface area contributed by atoms with Crippen molar-refractivity contribution in [3.05, 3.63) is 18.1 Å². The van der Waals surface area contributed by atoms with E-state index in [9.17, 15) is 4.79 Å². The van der Waals surface area contributed by atoms with Gasteiger partial charge in [-0.25, -0.2) is 9.50 Å². The van der Waals surface area contributed by atoms with E-state index in [0.717, 1.165) is 18.5 Å². The molecule has 0 amide bonds. The Balaban J connectivity index is 2.07. The molecule has 1 aliphatic carbocycles. The van der Waals surface area contributed by atoms with Crippen molar-refractivity contribution in [2.24, 2.45) is 0 Å². The normalized spacial score (nSPS) is 17.4. The number of anilines is 1. The zero-order valence-electron chi connectivity index (χ0n) is 9.97. The van der Waals surface area contributed by atoms with Crippen LogP contribution in [0, 0.1) is 0 Å². The average Bonchev–Trinajstić information content (AvgIpc) is 2.69. The van der Waals surface area contributed by atoms with Gasteiger partial charge in [0.05, 0.1) is 0 Å². The van der Waals surface area contributed by atoms with E-state index in [-0.39, 0.29) is 0 Å². The number of fused-ring (bicyclic) bond motifs is 1. The summed E-state index contributed by atoms with van der Waals surface area (Å²) in [4.78, 5) is 15.2. The maximum atomic E-state index is 11.3. The van der Waals surface area contributed by atoms with Crippen molar-refractivity contribution in [3.63, 3.8) is 0 Å². The first-order valence-corrected chi connectivity index (χ1v) is 6.06. The van der Waals surface area contributed by atoms with Gasteiger partial charge >= 0.3 is 0 Å². The number of Topliss-reactive ketones (excluding diaryl/α,β-unsaturated/α-hetero) is 1. The second-order valence-corrected chi connectivity index (χ2v) is 4.74. The molecule has 0 aromatic carbocycles. The zero-order valence-corrected chi connectivity index (χ0v) is 9.97. The lowest BCUT2D eigenvalue weighted by molar-refractivity contribution is -0.120. The predicted octanol–water partition coefficient (Wildman–Crippen LogP) is 0.332. The van der Waals surface area contributed by atoms with Gasteiger partial charge in [0.2, 0.25) is 0 Å².